The highest BCUT2D eigenvalue weighted by Gasteiger charge is 2.54. The van der Waals surface area contributed by atoms with Gasteiger partial charge in [0, 0.05) is 23.9 Å². The normalized spacial score (nSPS) is 20.4. The van der Waals surface area contributed by atoms with E-state index in [0.717, 1.165) is 11.3 Å². The van der Waals surface area contributed by atoms with Crippen LogP contribution in [0.3, 0.4) is 0 Å². The molecule has 0 aromatic carbocycles. The molecule has 0 bridgehead atoms. The lowest BCUT2D eigenvalue weighted by atomic mass is 10.0. The number of carboxylic acids is 1. The molecule has 0 spiro atoms. The second-order valence-electron chi connectivity index (χ2n) is 6.68. The maximum absolute atomic E-state index is 12.8. The first-order valence-corrected chi connectivity index (χ1v) is 12.1. The van der Waals surface area contributed by atoms with Crippen LogP contribution in [0.5, 0.6) is 0 Å². The van der Waals surface area contributed by atoms with Crippen LogP contribution in [-0.2, 0) is 26.3 Å². The fourth-order valence-corrected chi connectivity index (χ4v) is 6.10. The minimum Gasteiger partial charge on any atom is -0.477 e. The topological polar surface area (TPSA) is 185 Å². The van der Waals surface area contributed by atoms with Gasteiger partial charge in [0.1, 0.15) is 24.2 Å². The molecular weight excluding hydrogens is 496 g/mol. The third-order valence-electron chi connectivity index (χ3n) is 4.67. The number of H-pyrrole nitrogens is 1. The summed E-state index contributed by atoms with van der Waals surface area (Å²) < 4.78 is 1.46. The van der Waals surface area contributed by atoms with Gasteiger partial charge in [0.2, 0.25) is 5.16 Å². The first-order valence-electron chi connectivity index (χ1n) is 9.17. The number of β-lactam (4-membered cyclic amide) rings is 1. The second kappa shape index (κ2) is 9.36. The van der Waals surface area contributed by atoms with E-state index in [0.29, 0.717) is 16.5 Å². The van der Waals surface area contributed by atoms with E-state index in [4.69, 9.17) is 0 Å². The van der Waals surface area contributed by atoms with Crippen molar-refractivity contribution in [3.05, 3.63) is 32.0 Å². The van der Waals surface area contributed by atoms with Crippen molar-refractivity contribution in [2.24, 2.45) is 12.2 Å². The van der Waals surface area contributed by atoms with Crippen LogP contribution in [0, 0.1) is 0 Å². The number of thioether (sulfide) groups is 2. The molecule has 0 radical (unpaired) electrons. The van der Waals surface area contributed by atoms with Crippen LogP contribution in [-0.4, -0.2) is 88.7 Å². The van der Waals surface area contributed by atoms with Gasteiger partial charge in [-0.25, -0.2) is 9.48 Å². The first-order chi connectivity index (χ1) is 15.8. The fraction of sp³-hybridized carbons (Fsp3) is 0.375. The number of hydrogen-bond acceptors (Lipinski definition) is 12. The largest absolute Gasteiger partial charge is 0.477 e. The maximum Gasteiger partial charge on any atom is 0.352 e. The van der Waals surface area contributed by atoms with Crippen molar-refractivity contribution >= 4 is 58.4 Å². The monoisotopic (exact) mass is 512 g/mol. The van der Waals surface area contributed by atoms with E-state index in [2.05, 4.69) is 35.8 Å². The molecule has 2 aliphatic heterocycles. The van der Waals surface area contributed by atoms with Crippen molar-refractivity contribution in [3.63, 3.8) is 0 Å². The molecule has 1 saturated heterocycles. The number of nitrogens with zero attached hydrogens (tertiary/aromatic N) is 6. The molecule has 0 aliphatic carbocycles. The maximum atomic E-state index is 12.8. The Balaban J connectivity index is 1.50. The number of amides is 2. The summed E-state index contributed by atoms with van der Waals surface area (Å²) in [7, 11) is 2.91. The molecule has 33 heavy (non-hydrogen) atoms. The lowest BCUT2D eigenvalue weighted by molar-refractivity contribution is -0.150. The Morgan fingerprint density at radius 3 is 2.85 bits per heavy atom. The standard InChI is InChI=1S/C16H16N8O6S3/c1-23-15(19-21-22-23)32-4-6-3-31-13-9(12(26)24(13)10(6)14(27)28)18-11(25)8(20-30-2)7-5-33-16(29)17-7/h5,9,13H,3-4H2,1-2H3,(H,17,29)(H,18,25)(H,27,28)/b20-8+/t9?,13-/m1/s1. The van der Waals surface area contributed by atoms with Gasteiger partial charge in [-0.05, 0) is 16.0 Å². The van der Waals surface area contributed by atoms with Crippen molar-refractivity contribution in [3.8, 4) is 0 Å². The van der Waals surface area contributed by atoms with Crippen molar-refractivity contribution in [2.75, 3.05) is 18.6 Å². The number of rotatable bonds is 8. The van der Waals surface area contributed by atoms with E-state index in [9.17, 15) is 24.3 Å². The van der Waals surface area contributed by atoms with Crippen molar-refractivity contribution < 1.29 is 24.3 Å². The molecule has 4 rings (SSSR count). The zero-order valence-electron chi connectivity index (χ0n) is 17.0. The molecule has 17 heteroatoms. The van der Waals surface area contributed by atoms with Gasteiger partial charge in [-0.2, -0.15) is 0 Å². The Morgan fingerprint density at radius 2 is 2.24 bits per heavy atom. The predicted molar refractivity (Wildman–Crippen MR) is 118 cm³/mol. The SMILES string of the molecule is CO/N=C(/C(=O)NC1C(=O)N2C(C(=O)O)=C(CSc3nnnn3C)CS[C@H]12)c1csc(=O)[nH]1. The molecule has 0 saturated carbocycles. The number of thiazole rings is 1. The molecule has 2 atom stereocenters. The highest BCUT2D eigenvalue weighted by atomic mass is 32.2. The lowest BCUT2D eigenvalue weighted by Gasteiger charge is -2.49. The highest BCUT2D eigenvalue weighted by Crippen LogP contribution is 2.41. The van der Waals surface area contributed by atoms with E-state index < -0.39 is 29.2 Å². The summed E-state index contributed by atoms with van der Waals surface area (Å²) in [6.45, 7) is 0. The summed E-state index contributed by atoms with van der Waals surface area (Å²) >= 11 is 3.44. The highest BCUT2D eigenvalue weighted by molar-refractivity contribution is 8.01. The number of oxime groups is 1. The summed E-state index contributed by atoms with van der Waals surface area (Å²) in [6.07, 6.45) is 0. The summed E-state index contributed by atoms with van der Waals surface area (Å²) in [5, 5.41) is 28.4. The van der Waals surface area contributed by atoms with Gasteiger partial charge in [-0.1, -0.05) is 28.3 Å². The van der Waals surface area contributed by atoms with Gasteiger partial charge in [0.15, 0.2) is 5.71 Å². The second-order valence-corrected chi connectivity index (χ2v) is 9.57. The molecule has 1 unspecified atom stereocenters. The number of aromatic nitrogens is 5. The van der Waals surface area contributed by atoms with Crippen LogP contribution in [0.4, 0.5) is 0 Å². The zero-order valence-corrected chi connectivity index (χ0v) is 19.5. The number of aryl methyl sites for hydroxylation is 1. The number of carbonyl (C=O) groups excluding carboxylic acids is 2. The number of aromatic amines is 1. The summed E-state index contributed by atoms with van der Waals surface area (Å²) in [5.74, 6) is -1.90. The van der Waals surface area contributed by atoms with E-state index >= 15 is 0 Å². The van der Waals surface area contributed by atoms with Gasteiger partial charge >= 0.3 is 10.8 Å². The first kappa shape index (κ1) is 23.0. The van der Waals surface area contributed by atoms with Crippen molar-refractivity contribution in [2.45, 2.75) is 16.6 Å². The molecule has 1 fully saturated rings. The Kier molecular flexibility index (Phi) is 6.52. The number of carboxylic acid groups (broad SMARTS) is 1. The number of tetrazole rings is 1. The smallest absolute Gasteiger partial charge is 0.352 e. The molecule has 2 amide bonds. The Labute approximate surface area is 197 Å². The molecular formula is C16H16N8O6S3. The van der Waals surface area contributed by atoms with Gasteiger partial charge in [0.05, 0.1) is 5.69 Å². The third kappa shape index (κ3) is 4.38. The van der Waals surface area contributed by atoms with E-state index in [-0.39, 0.29) is 27.7 Å². The fourth-order valence-electron chi connectivity index (χ4n) is 3.20. The van der Waals surface area contributed by atoms with Gasteiger partial charge < -0.3 is 20.2 Å². The molecule has 2 aliphatic rings. The Hall–Kier alpha value is -3.18. The molecule has 2 aromatic rings. The van der Waals surface area contributed by atoms with E-state index in [1.165, 1.54) is 45.6 Å². The van der Waals surface area contributed by atoms with E-state index in [1.54, 1.807) is 7.05 Å². The lowest BCUT2D eigenvalue weighted by Crippen LogP contribution is -2.71. The average molecular weight is 513 g/mol. The third-order valence-corrected chi connectivity index (χ3v) is 7.77. The van der Waals surface area contributed by atoms with Crippen LogP contribution in [0.25, 0.3) is 0 Å². The molecule has 3 N–H and O–H groups in total. The minimum atomic E-state index is -1.23. The zero-order chi connectivity index (χ0) is 23.7. The number of aliphatic carboxylic acids is 1. The Morgan fingerprint density at radius 1 is 1.45 bits per heavy atom. The van der Waals surface area contributed by atoms with Crippen LogP contribution in [0.2, 0.25) is 0 Å². The van der Waals surface area contributed by atoms with Crippen LogP contribution in [0.1, 0.15) is 5.69 Å². The van der Waals surface area contributed by atoms with Gasteiger partial charge in [-0.3, -0.25) is 19.3 Å². The Bertz CT molecular complexity index is 1230. The van der Waals surface area contributed by atoms with E-state index in [1.807, 2.05) is 0 Å². The summed E-state index contributed by atoms with van der Waals surface area (Å²) in [6, 6.07) is -0.957. The van der Waals surface area contributed by atoms with Crippen molar-refractivity contribution in [1.29, 1.82) is 0 Å². The molecule has 14 nitrogen and oxygen atoms in total. The van der Waals surface area contributed by atoms with Crippen LogP contribution in [0.15, 0.2) is 31.8 Å². The quantitative estimate of drug-likeness (QED) is 0.168. The minimum absolute atomic E-state index is 0.107. The molecule has 4 heterocycles. The summed E-state index contributed by atoms with van der Waals surface area (Å²) in [4.78, 5) is 56.9. The number of carbonyl (C=O) groups is 3. The number of nitrogens with one attached hydrogen (secondary N) is 2. The van der Waals surface area contributed by atoms with Gasteiger partial charge in [-0.15, -0.1) is 16.9 Å². The molecule has 2 aromatic heterocycles. The predicted octanol–water partition coefficient (Wildman–Crippen LogP) is -1.16. The van der Waals surface area contributed by atoms with Crippen LogP contribution >= 0.6 is 34.9 Å². The van der Waals surface area contributed by atoms with Crippen LogP contribution < -0.4 is 10.2 Å². The molecule has 174 valence electrons. The average Bonchev–Trinajstić information content (AvgIpc) is 3.40. The van der Waals surface area contributed by atoms with Gasteiger partial charge in [0.25, 0.3) is 11.8 Å². The number of fused-ring (bicyclic) bond motifs is 1. The number of hydrogen-bond donors (Lipinski definition) is 3. The van der Waals surface area contributed by atoms with Crippen molar-refractivity contribution in [1.82, 2.24) is 35.4 Å². The summed E-state index contributed by atoms with van der Waals surface area (Å²) in [5.41, 5.74) is 0.386.